The van der Waals surface area contributed by atoms with Crippen molar-refractivity contribution in [3.63, 3.8) is 0 Å². The van der Waals surface area contributed by atoms with Crippen LogP contribution in [-0.4, -0.2) is 11.1 Å². The zero-order valence-electron chi connectivity index (χ0n) is 10.4. The first-order valence-corrected chi connectivity index (χ1v) is 6.21. The number of carboxylic acid groups (broad SMARTS) is 1. The summed E-state index contributed by atoms with van der Waals surface area (Å²) in [5.74, 6) is -0.955. The third-order valence-corrected chi connectivity index (χ3v) is 2.99. The Morgan fingerprint density at radius 1 is 1.16 bits per heavy atom. The molecular weight excluding hydrogens is 260 g/mol. The number of rotatable bonds is 3. The molecule has 0 fully saturated rings. The smallest absolute Gasteiger partial charge is 0.336 e. The van der Waals surface area contributed by atoms with Crippen molar-refractivity contribution in [1.82, 2.24) is 0 Å². The fourth-order valence-electron chi connectivity index (χ4n) is 1.82. The van der Waals surface area contributed by atoms with Gasteiger partial charge in [-0.15, -0.1) is 0 Å². The molecule has 19 heavy (non-hydrogen) atoms. The van der Waals surface area contributed by atoms with Crippen molar-refractivity contribution in [3.8, 4) is 0 Å². The zero-order chi connectivity index (χ0) is 13.8. The number of carbonyl (C=O) groups is 1. The van der Waals surface area contributed by atoms with Crippen molar-refractivity contribution in [2.45, 2.75) is 6.92 Å². The molecule has 0 heterocycles. The molecule has 0 spiro atoms. The van der Waals surface area contributed by atoms with E-state index in [9.17, 15) is 9.90 Å². The molecule has 2 nitrogen and oxygen atoms in total. The molecule has 0 aliphatic rings. The second kappa shape index (κ2) is 5.72. The van der Waals surface area contributed by atoms with Crippen LogP contribution in [0.2, 0.25) is 5.02 Å². The maximum atomic E-state index is 11.4. The van der Waals surface area contributed by atoms with Crippen LogP contribution in [0.5, 0.6) is 0 Å². The van der Waals surface area contributed by atoms with Crippen molar-refractivity contribution in [2.24, 2.45) is 0 Å². The highest BCUT2D eigenvalue weighted by molar-refractivity contribution is 6.30. The molecule has 0 saturated heterocycles. The van der Waals surface area contributed by atoms with E-state index in [1.54, 1.807) is 30.3 Å². The number of halogens is 1. The summed E-state index contributed by atoms with van der Waals surface area (Å²) in [6, 6.07) is 14.5. The molecule has 0 radical (unpaired) electrons. The van der Waals surface area contributed by atoms with Gasteiger partial charge >= 0.3 is 5.97 Å². The molecule has 0 saturated carbocycles. The Bertz CT molecular complexity index is 627. The van der Waals surface area contributed by atoms with Crippen LogP contribution in [-0.2, 0) is 4.79 Å². The Morgan fingerprint density at radius 2 is 1.84 bits per heavy atom. The maximum absolute atomic E-state index is 11.4. The minimum absolute atomic E-state index is 0.252. The van der Waals surface area contributed by atoms with E-state index in [-0.39, 0.29) is 5.57 Å². The van der Waals surface area contributed by atoms with Gasteiger partial charge in [-0.2, -0.15) is 0 Å². The van der Waals surface area contributed by atoms with Crippen LogP contribution in [0.4, 0.5) is 0 Å². The molecule has 0 aromatic heterocycles. The van der Waals surface area contributed by atoms with Crippen molar-refractivity contribution in [3.05, 3.63) is 70.2 Å². The standard InChI is InChI=1S/C16H13ClO2/c1-11-3-2-4-12(9-11)10-15(16(18)19)13-5-7-14(17)8-6-13/h2-10H,1H3,(H,18,19)/b15-10+. The molecule has 0 atom stereocenters. The van der Waals surface area contributed by atoms with Gasteiger partial charge in [-0.1, -0.05) is 53.6 Å². The second-order valence-corrected chi connectivity index (χ2v) is 4.72. The van der Waals surface area contributed by atoms with E-state index >= 15 is 0 Å². The highest BCUT2D eigenvalue weighted by atomic mass is 35.5. The van der Waals surface area contributed by atoms with Gasteiger partial charge in [0.2, 0.25) is 0 Å². The number of benzene rings is 2. The van der Waals surface area contributed by atoms with Gasteiger partial charge in [-0.3, -0.25) is 0 Å². The first-order chi connectivity index (χ1) is 9.06. The molecule has 1 N–H and O–H groups in total. The van der Waals surface area contributed by atoms with Gasteiger partial charge in [0.15, 0.2) is 0 Å². The molecular formula is C16H13ClO2. The average Bonchev–Trinajstić information content (AvgIpc) is 2.37. The summed E-state index contributed by atoms with van der Waals surface area (Å²) in [6.07, 6.45) is 1.67. The summed E-state index contributed by atoms with van der Waals surface area (Å²) >= 11 is 5.81. The van der Waals surface area contributed by atoms with Gasteiger partial charge in [0.05, 0.1) is 5.57 Å². The normalized spacial score (nSPS) is 11.4. The summed E-state index contributed by atoms with van der Waals surface area (Å²) in [5, 5.41) is 9.91. The summed E-state index contributed by atoms with van der Waals surface area (Å²) in [7, 11) is 0. The van der Waals surface area contributed by atoms with E-state index in [0.717, 1.165) is 11.1 Å². The van der Waals surface area contributed by atoms with Crippen LogP contribution in [0.3, 0.4) is 0 Å². The number of hydrogen-bond acceptors (Lipinski definition) is 1. The highest BCUT2D eigenvalue weighted by Crippen LogP contribution is 2.21. The van der Waals surface area contributed by atoms with Crippen molar-refractivity contribution < 1.29 is 9.90 Å². The van der Waals surface area contributed by atoms with Crippen LogP contribution >= 0.6 is 11.6 Å². The molecule has 96 valence electrons. The van der Waals surface area contributed by atoms with E-state index in [1.165, 1.54) is 0 Å². The van der Waals surface area contributed by atoms with E-state index in [2.05, 4.69) is 0 Å². The predicted molar refractivity (Wildman–Crippen MR) is 78.1 cm³/mol. The molecule has 3 heteroatoms. The van der Waals surface area contributed by atoms with Crippen LogP contribution in [0.25, 0.3) is 11.6 Å². The molecule has 2 aromatic carbocycles. The van der Waals surface area contributed by atoms with Gasteiger partial charge in [-0.05, 0) is 36.3 Å². The topological polar surface area (TPSA) is 37.3 Å². The second-order valence-electron chi connectivity index (χ2n) is 4.28. The predicted octanol–water partition coefficient (Wildman–Crippen LogP) is 4.27. The van der Waals surface area contributed by atoms with E-state index < -0.39 is 5.97 Å². The maximum Gasteiger partial charge on any atom is 0.336 e. The van der Waals surface area contributed by atoms with Crippen LogP contribution in [0, 0.1) is 6.92 Å². The van der Waals surface area contributed by atoms with Gasteiger partial charge in [-0.25, -0.2) is 4.79 Å². The summed E-state index contributed by atoms with van der Waals surface area (Å²) < 4.78 is 0. The fourth-order valence-corrected chi connectivity index (χ4v) is 1.95. The Morgan fingerprint density at radius 3 is 2.42 bits per heavy atom. The van der Waals surface area contributed by atoms with Gasteiger partial charge in [0.1, 0.15) is 0 Å². The lowest BCUT2D eigenvalue weighted by molar-refractivity contribution is -0.130. The van der Waals surface area contributed by atoms with Crippen molar-refractivity contribution in [2.75, 3.05) is 0 Å². The average molecular weight is 273 g/mol. The SMILES string of the molecule is Cc1cccc(/C=C(/C(=O)O)c2ccc(Cl)cc2)c1. The molecule has 0 unspecified atom stereocenters. The summed E-state index contributed by atoms with van der Waals surface area (Å²) in [4.78, 5) is 11.4. The Labute approximate surface area is 117 Å². The minimum Gasteiger partial charge on any atom is -0.478 e. The Balaban J connectivity index is 2.46. The third-order valence-electron chi connectivity index (χ3n) is 2.74. The molecule has 0 bridgehead atoms. The van der Waals surface area contributed by atoms with Crippen LogP contribution < -0.4 is 0 Å². The van der Waals surface area contributed by atoms with Gasteiger partial charge < -0.3 is 5.11 Å². The number of aliphatic carboxylic acids is 1. The first kappa shape index (κ1) is 13.4. The lowest BCUT2D eigenvalue weighted by Gasteiger charge is -2.04. The highest BCUT2D eigenvalue weighted by Gasteiger charge is 2.10. The molecule has 0 aliphatic carbocycles. The first-order valence-electron chi connectivity index (χ1n) is 5.84. The largest absolute Gasteiger partial charge is 0.478 e. The monoisotopic (exact) mass is 272 g/mol. The van der Waals surface area contributed by atoms with Crippen LogP contribution in [0.15, 0.2) is 48.5 Å². The molecule has 0 amide bonds. The minimum atomic E-state index is -0.955. The lowest BCUT2D eigenvalue weighted by atomic mass is 10.0. The van der Waals surface area contributed by atoms with E-state index in [0.29, 0.717) is 10.6 Å². The van der Waals surface area contributed by atoms with Gasteiger partial charge in [0, 0.05) is 5.02 Å². The number of hydrogen-bond donors (Lipinski definition) is 1. The fraction of sp³-hybridized carbons (Fsp3) is 0.0625. The Kier molecular flexibility index (Phi) is 4.03. The lowest BCUT2D eigenvalue weighted by Crippen LogP contribution is -1.99. The number of carboxylic acids is 1. The molecule has 2 rings (SSSR count). The summed E-state index contributed by atoms with van der Waals surface area (Å²) in [6.45, 7) is 1.97. The van der Waals surface area contributed by atoms with E-state index in [1.807, 2.05) is 31.2 Å². The number of aryl methyl sites for hydroxylation is 1. The molecule has 0 aliphatic heterocycles. The van der Waals surface area contributed by atoms with E-state index in [4.69, 9.17) is 11.6 Å². The van der Waals surface area contributed by atoms with Crippen molar-refractivity contribution in [1.29, 1.82) is 0 Å². The van der Waals surface area contributed by atoms with Crippen molar-refractivity contribution >= 4 is 29.2 Å². The Hall–Kier alpha value is -2.06. The summed E-state index contributed by atoms with van der Waals surface area (Å²) in [5.41, 5.74) is 2.85. The van der Waals surface area contributed by atoms with Gasteiger partial charge in [0.25, 0.3) is 0 Å². The zero-order valence-corrected chi connectivity index (χ0v) is 11.2. The third kappa shape index (κ3) is 3.46. The quantitative estimate of drug-likeness (QED) is 0.669. The molecule has 2 aromatic rings. The van der Waals surface area contributed by atoms with Crippen LogP contribution in [0.1, 0.15) is 16.7 Å².